The first-order chi connectivity index (χ1) is 10.0. The highest BCUT2D eigenvalue weighted by Crippen LogP contribution is 2.20. The second-order valence-corrected chi connectivity index (χ2v) is 5.25. The van der Waals surface area contributed by atoms with Gasteiger partial charge in [0.15, 0.2) is 0 Å². The molecule has 1 amide bonds. The van der Waals surface area contributed by atoms with Gasteiger partial charge in [-0.05, 0) is 37.1 Å². The van der Waals surface area contributed by atoms with Gasteiger partial charge in [-0.3, -0.25) is 4.79 Å². The molecule has 0 radical (unpaired) electrons. The molecule has 0 spiro atoms. The molecule has 0 fully saturated rings. The maximum Gasteiger partial charge on any atom is 0.258 e. The van der Waals surface area contributed by atoms with Crippen LogP contribution in [0.1, 0.15) is 42.7 Å². The number of nitrogen functional groups attached to an aromatic ring is 1. The zero-order valence-corrected chi connectivity index (χ0v) is 12.7. The minimum Gasteiger partial charge on any atom is -0.384 e. The largest absolute Gasteiger partial charge is 0.384 e. The summed E-state index contributed by atoms with van der Waals surface area (Å²) in [4.78, 5) is 18.8. The Balaban J connectivity index is 2.38. The van der Waals surface area contributed by atoms with Crippen molar-refractivity contribution in [3.63, 3.8) is 0 Å². The van der Waals surface area contributed by atoms with Crippen LogP contribution in [0.25, 0.3) is 0 Å². The number of nitrogens with two attached hydrogens (primary N) is 1. The second-order valence-electron chi connectivity index (χ2n) is 5.25. The molecule has 1 aromatic carbocycles. The molecule has 0 aliphatic rings. The van der Waals surface area contributed by atoms with Crippen LogP contribution in [0.2, 0.25) is 0 Å². The molecular formula is C17H21N3O. The van der Waals surface area contributed by atoms with Crippen LogP contribution in [-0.4, -0.2) is 17.4 Å². The van der Waals surface area contributed by atoms with Gasteiger partial charge in [0.1, 0.15) is 5.82 Å². The van der Waals surface area contributed by atoms with Gasteiger partial charge < -0.3 is 10.6 Å². The van der Waals surface area contributed by atoms with Crippen molar-refractivity contribution in [1.82, 2.24) is 4.98 Å². The topological polar surface area (TPSA) is 59.2 Å². The van der Waals surface area contributed by atoms with Crippen LogP contribution in [-0.2, 0) is 0 Å². The molecule has 1 aromatic heterocycles. The number of rotatable bonds is 4. The SMILES string of the molecule is CCN(C(=O)c1cc(N)nc(C(C)C)c1)c1ccccc1. The number of carbonyl (C=O) groups is 1. The van der Waals surface area contributed by atoms with Crippen LogP contribution in [0.5, 0.6) is 0 Å². The summed E-state index contributed by atoms with van der Waals surface area (Å²) in [5.74, 6) is 0.556. The Labute approximate surface area is 125 Å². The molecule has 0 saturated carbocycles. The number of pyridine rings is 1. The standard InChI is InChI=1S/C17H21N3O/c1-4-20(14-8-6-5-7-9-14)17(21)13-10-15(12(2)3)19-16(18)11-13/h5-12H,4H2,1-3H3,(H2,18,19). The molecule has 0 unspecified atom stereocenters. The molecule has 2 rings (SSSR count). The second kappa shape index (κ2) is 6.39. The summed E-state index contributed by atoms with van der Waals surface area (Å²) in [6.07, 6.45) is 0. The molecule has 0 aliphatic heterocycles. The third kappa shape index (κ3) is 3.40. The molecule has 1 heterocycles. The lowest BCUT2D eigenvalue weighted by molar-refractivity contribution is 0.0988. The number of aromatic nitrogens is 1. The third-order valence-electron chi connectivity index (χ3n) is 3.33. The van der Waals surface area contributed by atoms with Crippen molar-refractivity contribution >= 4 is 17.4 Å². The van der Waals surface area contributed by atoms with Crippen molar-refractivity contribution in [3.05, 3.63) is 53.7 Å². The van der Waals surface area contributed by atoms with Gasteiger partial charge in [-0.25, -0.2) is 4.98 Å². The molecule has 110 valence electrons. The first-order valence-electron chi connectivity index (χ1n) is 7.17. The molecule has 0 saturated heterocycles. The zero-order valence-electron chi connectivity index (χ0n) is 12.7. The number of benzene rings is 1. The van der Waals surface area contributed by atoms with Gasteiger partial charge >= 0.3 is 0 Å². The summed E-state index contributed by atoms with van der Waals surface area (Å²) in [7, 11) is 0. The number of hydrogen-bond donors (Lipinski definition) is 1. The zero-order chi connectivity index (χ0) is 15.4. The van der Waals surface area contributed by atoms with E-state index in [0.717, 1.165) is 11.4 Å². The molecule has 4 nitrogen and oxygen atoms in total. The van der Waals surface area contributed by atoms with E-state index in [1.165, 1.54) is 0 Å². The summed E-state index contributed by atoms with van der Waals surface area (Å²) in [6, 6.07) is 13.1. The van der Waals surface area contributed by atoms with E-state index in [2.05, 4.69) is 4.98 Å². The lowest BCUT2D eigenvalue weighted by atomic mass is 10.1. The van der Waals surface area contributed by atoms with Crippen LogP contribution >= 0.6 is 0 Å². The van der Waals surface area contributed by atoms with Crippen molar-refractivity contribution < 1.29 is 4.79 Å². The molecule has 21 heavy (non-hydrogen) atoms. The van der Waals surface area contributed by atoms with Gasteiger partial charge in [0.05, 0.1) is 0 Å². The predicted octanol–water partition coefficient (Wildman–Crippen LogP) is 3.45. The summed E-state index contributed by atoms with van der Waals surface area (Å²) in [5.41, 5.74) is 8.13. The first kappa shape index (κ1) is 15.0. The van der Waals surface area contributed by atoms with Crippen molar-refractivity contribution in [3.8, 4) is 0 Å². The van der Waals surface area contributed by atoms with E-state index in [1.54, 1.807) is 11.0 Å². The van der Waals surface area contributed by atoms with E-state index < -0.39 is 0 Å². The molecule has 4 heteroatoms. The number of amides is 1. The molecule has 0 atom stereocenters. The van der Waals surface area contributed by atoms with E-state index in [-0.39, 0.29) is 11.8 Å². The van der Waals surface area contributed by atoms with Gasteiger partial charge in [0, 0.05) is 23.5 Å². The Hall–Kier alpha value is -2.36. The summed E-state index contributed by atoms with van der Waals surface area (Å²) < 4.78 is 0. The number of carbonyl (C=O) groups excluding carboxylic acids is 1. The Morgan fingerprint density at radius 3 is 2.48 bits per heavy atom. The fraction of sp³-hybridized carbons (Fsp3) is 0.294. The average molecular weight is 283 g/mol. The predicted molar refractivity (Wildman–Crippen MR) is 86.5 cm³/mol. The van der Waals surface area contributed by atoms with Crippen LogP contribution < -0.4 is 10.6 Å². The molecule has 2 aromatic rings. The normalized spacial score (nSPS) is 10.7. The number of hydrogen-bond acceptors (Lipinski definition) is 3. The first-order valence-corrected chi connectivity index (χ1v) is 7.17. The van der Waals surface area contributed by atoms with E-state index in [0.29, 0.717) is 17.9 Å². The Bertz CT molecular complexity index is 623. The van der Waals surface area contributed by atoms with E-state index in [9.17, 15) is 4.79 Å². The monoisotopic (exact) mass is 283 g/mol. The highest BCUT2D eigenvalue weighted by atomic mass is 16.2. The Kier molecular flexibility index (Phi) is 4.58. The number of para-hydroxylation sites is 1. The smallest absolute Gasteiger partial charge is 0.258 e. The number of nitrogens with zero attached hydrogens (tertiary/aromatic N) is 2. The minimum absolute atomic E-state index is 0.0558. The van der Waals surface area contributed by atoms with Crippen LogP contribution in [0, 0.1) is 0 Å². The maximum atomic E-state index is 12.7. The van der Waals surface area contributed by atoms with Crippen molar-refractivity contribution in [2.45, 2.75) is 26.7 Å². The Morgan fingerprint density at radius 1 is 1.24 bits per heavy atom. The highest BCUT2D eigenvalue weighted by Gasteiger charge is 2.18. The van der Waals surface area contributed by atoms with E-state index >= 15 is 0 Å². The van der Waals surface area contributed by atoms with Crippen molar-refractivity contribution in [1.29, 1.82) is 0 Å². The van der Waals surface area contributed by atoms with Gasteiger partial charge in [-0.15, -0.1) is 0 Å². The highest BCUT2D eigenvalue weighted by molar-refractivity contribution is 6.06. The van der Waals surface area contributed by atoms with E-state index in [1.807, 2.05) is 57.2 Å². The fourth-order valence-electron chi connectivity index (χ4n) is 2.20. The van der Waals surface area contributed by atoms with Gasteiger partial charge in [-0.2, -0.15) is 0 Å². The molecule has 2 N–H and O–H groups in total. The number of anilines is 2. The molecular weight excluding hydrogens is 262 g/mol. The van der Waals surface area contributed by atoms with Crippen LogP contribution in [0.4, 0.5) is 11.5 Å². The average Bonchev–Trinajstić information content (AvgIpc) is 2.48. The van der Waals surface area contributed by atoms with Gasteiger partial charge in [-0.1, -0.05) is 32.0 Å². The Morgan fingerprint density at radius 2 is 1.90 bits per heavy atom. The van der Waals surface area contributed by atoms with Gasteiger partial charge in [0.2, 0.25) is 0 Å². The quantitative estimate of drug-likeness (QED) is 0.934. The fourth-order valence-corrected chi connectivity index (χ4v) is 2.20. The lowest BCUT2D eigenvalue weighted by Gasteiger charge is -2.21. The lowest BCUT2D eigenvalue weighted by Crippen LogP contribution is -2.30. The van der Waals surface area contributed by atoms with E-state index in [4.69, 9.17) is 5.73 Å². The third-order valence-corrected chi connectivity index (χ3v) is 3.33. The summed E-state index contributed by atoms with van der Waals surface area (Å²) in [5, 5.41) is 0. The molecule has 0 bridgehead atoms. The van der Waals surface area contributed by atoms with Crippen molar-refractivity contribution in [2.24, 2.45) is 0 Å². The maximum absolute atomic E-state index is 12.7. The van der Waals surface area contributed by atoms with Crippen LogP contribution in [0.15, 0.2) is 42.5 Å². The summed E-state index contributed by atoms with van der Waals surface area (Å²) in [6.45, 7) is 6.62. The van der Waals surface area contributed by atoms with Crippen LogP contribution in [0.3, 0.4) is 0 Å². The summed E-state index contributed by atoms with van der Waals surface area (Å²) >= 11 is 0. The minimum atomic E-state index is -0.0558. The van der Waals surface area contributed by atoms with Gasteiger partial charge in [0.25, 0.3) is 5.91 Å². The molecule has 0 aliphatic carbocycles. The van der Waals surface area contributed by atoms with Crippen molar-refractivity contribution in [2.75, 3.05) is 17.2 Å².